The number of hydrogen-bond acceptors (Lipinski definition) is 9. The van der Waals surface area contributed by atoms with Gasteiger partial charge in [0.1, 0.15) is 15.7 Å². The Morgan fingerprint density at radius 3 is 2.65 bits per heavy atom. The number of benzene rings is 1. The number of anilines is 1. The van der Waals surface area contributed by atoms with Crippen LogP contribution < -0.4 is 10.9 Å². The molecule has 12 heteroatoms. The van der Waals surface area contributed by atoms with Gasteiger partial charge in [0.05, 0.1) is 23.4 Å². The molecule has 31 heavy (non-hydrogen) atoms. The Morgan fingerprint density at radius 2 is 2.00 bits per heavy atom. The van der Waals surface area contributed by atoms with Gasteiger partial charge in [-0.3, -0.25) is 9.59 Å². The lowest BCUT2D eigenvalue weighted by atomic mass is 10.2. The zero-order chi connectivity index (χ0) is 22.1. The highest BCUT2D eigenvalue weighted by Gasteiger charge is 2.24. The van der Waals surface area contributed by atoms with E-state index in [0.717, 1.165) is 27.6 Å². The highest BCUT2D eigenvalue weighted by Crippen LogP contribution is 2.31. The number of aromatic nitrogens is 4. The second kappa shape index (κ2) is 8.32. The molecular formula is C19H14FN5O4S2. The maximum Gasteiger partial charge on any atom is 0.359 e. The van der Waals surface area contributed by atoms with Crippen LogP contribution in [0, 0.1) is 12.7 Å². The highest BCUT2D eigenvalue weighted by atomic mass is 32.1. The number of nitrogens with zero attached hydrogens (tertiary/aromatic N) is 4. The monoisotopic (exact) mass is 459 g/mol. The Bertz CT molecular complexity index is 1360. The number of hydrogen-bond donors (Lipinski definition) is 1. The van der Waals surface area contributed by atoms with Crippen LogP contribution in [0.25, 0.3) is 16.5 Å². The largest absolute Gasteiger partial charge is 0.461 e. The molecule has 0 atom stereocenters. The van der Waals surface area contributed by atoms with E-state index in [9.17, 15) is 18.8 Å². The summed E-state index contributed by atoms with van der Waals surface area (Å²) >= 11 is 2.01. The summed E-state index contributed by atoms with van der Waals surface area (Å²) < 4.78 is 23.1. The second-order valence-electron chi connectivity index (χ2n) is 6.26. The topological polar surface area (TPSA) is 116 Å². The molecule has 0 radical (unpaired) electrons. The first-order valence-electron chi connectivity index (χ1n) is 8.98. The maximum atomic E-state index is 13.4. The van der Waals surface area contributed by atoms with Crippen LogP contribution in [-0.2, 0) is 4.74 Å². The Balaban J connectivity index is 1.90. The average Bonchev–Trinajstić information content (AvgIpc) is 3.36. The van der Waals surface area contributed by atoms with E-state index in [0.29, 0.717) is 10.6 Å². The summed E-state index contributed by atoms with van der Waals surface area (Å²) in [5.74, 6) is -1.68. The van der Waals surface area contributed by atoms with E-state index in [4.69, 9.17) is 4.74 Å². The molecule has 158 valence electrons. The van der Waals surface area contributed by atoms with Crippen molar-refractivity contribution in [3.05, 3.63) is 62.1 Å². The van der Waals surface area contributed by atoms with E-state index in [1.165, 1.54) is 24.3 Å². The quantitative estimate of drug-likeness (QED) is 0.456. The molecule has 4 rings (SSSR count). The lowest BCUT2D eigenvalue weighted by molar-refractivity contribution is 0.0520. The molecule has 0 saturated heterocycles. The Labute approximate surface area is 182 Å². The van der Waals surface area contributed by atoms with Crippen LogP contribution in [0.5, 0.6) is 0 Å². The lowest BCUT2D eigenvalue weighted by Crippen LogP contribution is -2.25. The summed E-state index contributed by atoms with van der Waals surface area (Å²) in [7, 11) is 0. The van der Waals surface area contributed by atoms with E-state index >= 15 is 0 Å². The van der Waals surface area contributed by atoms with Crippen LogP contribution in [0.3, 0.4) is 0 Å². The van der Waals surface area contributed by atoms with Crippen molar-refractivity contribution in [1.29, 1.82) is 0 Å². The standard InChI is InChI=1S/C19H14FN5O4S2/c1-3-29-19(28)14-12-8-30-17(21-16(26)15-9(2)22-24-31-15)13(12)18(27)25(23-14)11-6-4-10(20)5-7-11/h4-8H,3H2,1-2H3,(H,21,26). The summed E-state index contributed by atoms with van der Waals surface area (Å²) in [6.45, 7) is 3.41. The molecule has 3 heterocycles. The molecule has 0 aliphatic carbocycles. The molecule has 0 spiro atoms. The first-order valence-corrected chi connectivity index (χ1v) is 10.6. The first-order chi connectivity index (χ1) is 14.9. The number of rotatable bonds is 5. The predicted molar refractivity (Wildman–Crippen MR) is 114 cm³/mol. The molecule has 0 aliphatic heterocycles. The van der Waals surface area contributed by atoms with Gasteiger partial charge in [-0.05, 0) is 49.6 Å². The summed E-state index contributed by atoms with van der Waals surface area (Å²) in [6.07, 6.45) is 0. The molecule has 0 aliphatic rings. The van der Waals surface area contributed by atoms with Crippen molar-refractivity contribution in [2.45, 2.75) is 13.8 Å². The van der Waals surface area contributed by atoms with Gasteiger partial charge >= 0.3 is 5.97 Å². The third kappa shape index (κ3) is 3.82. The Hall–Kier alpha value is -3.51. The number of nitrogens with one attached hydrogen (secondary N) is 1. The molecule has 0 fully saturated rings. The van der Waals surface area contributed by atoms with Gasteiger partial charge in [0.15, 0.2) is 5.69 Å². The van der Waals surface area contributed by atoms with Gasteiger partial charge in [-0.15, -0.1) is 16.4 Å². The van der Waals surface area contributed by atoms with E-state index in [1.54, 1.807) is 19.2 Å². The van der Waals surface area contributed by atoms with E-state index in [1.807, 2.05) is 0 Å². The number of halogens is 1. The lowest BCUT2D eigenvalue weighted by Gasteiger charge is -2.10. The van der Waals surface area contributed by atoms with Crippen LogP contribution in [0.15, 0.2) is 34.4 Å². The minimum atomic E-state index is -0.721. The van der Waals surface area contributed by atoms with Gasteiger partial charge in [-0.1, -0.05) is 4.49 Å². The molecule has 0 bridgehead atoms. The molecule has 4 aromatic rings. The summed E-state index contributed by atoms with van der Waals surface area (Å²) in [6, 6.07) is 5.07. The van der Waals surface area contributed by atoms with E-state index in [-0.39, 0.29) is 33.8 Å². The van der Waals surface area contributed by atoms with Gasteiger partial charge in [0, 0.05) is 10.8 Å². The van der Waals surface area contributed by atoms with Crippen molar-refractivity contribution in [3.63, 3.8) is 0 Å². The van der Waals surface area contributed by atoms with Crippen LogP contribution in [0.4, 0.5) is 9.39 Å². The Morgan fingerprint density at radius 1 is 1.26 bits per heavy atom. The molecular weight excluding hydrogens is 445 g/mol. The van der Waals surface area contributed by atoms with Gasteiger partial charge in [0.2, 0.25) is 0 Å². The maximum absolute atomic E-state index is 13.4. The third-order valence-corrected chi connectivity index (χ3v) is 6.00. The summed E-state index contributed by atoms with van der Waals surface area (Å²) in [5.41, 5.74) is 0.0457. The zero-order valence-electron chi connectivity index (χ0n) is 16.2. The number of esters is 1. The van der Waals surface area contributed by atoms with Crippen molar-refractivity contribution in [1.82, 2.24) is 19.4 Å². The van der Waals surface area contributed by atoms with Crippen LogP contribution in [0.1, 0.15) is 32.8 Å². The average molecular weight is 459 g/mol. The van der Waals surface area contributed by atoms with Crippen LogP contribution >= 0.6 is 22.9 Å². The minimum absolute atomic E-state index is 0.0897. The molecule has 0 saturated carbocycles. The number of amides is 1. The fourth-order valence-electron chi connectivity index (χ4n) is 2.85. The van der Waals surface area contributed by atoms with Crippen LogP contribution in [-0.4, -0.2) is 37.9 Å². The number of fused-ring (bicyclic) bond motifs is 1. The van der Waals surface area contributed by atoms with Crippen molar-refractivity contribution in [3.8, 4) is 5.69 Å². The number of carbonyl (C=O) groups excluding carboxylic acids is 2. The number of thiophene rings is 1. The zero-order valence-corrected chi connectivity index (χ0v) is 17.8. The summed E-state index contributed by atoms with van der Waals surface area (Å²) in [4.78, 5) is 38.7. The number of carbonyl (C=O) groups is 2. The SMILES string of the molecule is CCOC(=O)c1nn(-c2ccc(F)cc2)c(=O)c2c(NC(=O)c3snnc3C)scc12. The van der Waals surface area contributed by atoms with Gasteiger partial charge < -0.3 is 10.1 Å². The molecule has 1 N–H and O–H groups in total. The van der Waals surface area contributed by atoms with Crippen molar-refractivity contribution in [2.75, 3.05) is 11.9 Å². The molecule has 3 aromatic heterocycles. The number of ether oxygens (including phenoxy) is 1. The van der Waals surface area contributed by atoms with Crippen molar-refractivity contribution in [2.24, 2.45) is 0 Å². The first kappa shape index (κ1) is 20.8. The fourth-order valence-corrected chi connectivity index (χ4v) is 4.33. The predicted octanol–water partition coefficient (Wildman–Crippen LogP) is 3.18. The van der Waals surface area contributed by atoms with Gasteiger partial charge in [-0.2, -0.15) is 9.78 Å². The fraction of sp³-hybridized carbons (Fsp3) is 0.158. The van der Waals surface area contributed by atoms with Gasteiger partial charge in [-0.25, -0.2) is 9.18 Å². The molecule has 1 aromatic carbocycles. The minimum Gasteiger partial charge on any atom is -0.461 e. The van der Waals surface area contributed by atoms with E-state index < -0.39 is 23.3 Å². The van der Waals surface area contributed by atoms with Gasteiger partial charge in [0.25, 0.3) is 11.5 Å². The number of aryl methyl sites for hydroxylation is 1. The molecule has 9 nitrogen and oxygen atoms in total. The normalized spacial score (nSPS) is 10.9. The van der Waals surface area contributed by atoms with E-state index in [2.05, 4.69) is 20.0 Å². The Kier molecular flexibility index (Phi) is 5.57. The molecule has 0 unspecified atom stereocenters. The smallest absolute Gasteiger partial charge is 0.359 e. The summed E-state index contributed by atoms with van der Waals surface area (Å²) in [5, 5.41) is 12.8. The van der Waals surface area contributed by atoms with Crippen molar-refractivity contribution < 1.29 is 18.7 Å². The highest BCUT2D eigenvalue weighted by molar-refractivity contribution is 7.16. The molecule has 1 amide bonds. The third-order valence-electron chi connectivity index (χ3n) is 4.28. The van der Waals surface area contributed by atoms with Crippen molar-refractivity contribution >= 4 is 50.5 Å². The van der Waals surface area contributed by atoms with Crippen LogP contribution in [0.2, 0.25) is 0 Å². The second-order valence-corrected chi connectivity index (χ2v) is 7.89.